The van der Waals surface area contributed by atoms with Crippen molar-refractivity contribution in [2.24, 2.45) is 0 Å². The molecule has 6 heteroatoms. The molecule has 0 unspecified atom stereocenters. The number of aromatic amines is 1. The molecule has 0 radical (unpaired) electrons. The average Bonchev–Trinajstić information content (AvgIpc) is 2.93. The third-order valence-electron chi connectivity index (χ3n) is 2.74. The van der Waals surface area contributed by atoms with Gasteiger partial charge in [0, 0.05) is 17.9 Å². The minimum absolute atomic E-state index is 0.144. The lowest BCUT2D eigenvalue weighted by Crippen LogP contribution is -2.26. The molecular formula is C14H17N3O2S. The van der Waals surface area contributed by atoms with E-state index in [-0.39, 0.29) is 11.7 Å². The number of nitrogens with one attached hydrogen (secondary N) is 2. The highest BCUT2D eigenvalue weighted by atomic mass is 32.2. The van der Waals surface area contributed by atoms with Crippen LogP contribution in [0.1, 0.15) is 17.4 Å². The molecule has 0 saturated heterocycles. The second-order valence-corrected chi connectivity index (χ2v) is 5.53. The van der Waals surface area contributed by atoms with Crippen LogP contribution in [0.4, 0.5) is 0 Å². The SMILES string of the molecule is CCSCCNC(=O)c1cc(-c2ccccc2O)n[nH]1. The molecular weight excluding hydrogens is 274 g/mol. The van der Waals surface area contributed by atoms with Crippen LogP contribution in [0.25, 0.3) is 11.3 Å². The molecule has 2 rings (SSSR count). The summed E-state index contributed by atoms with van der Waals surface area (Å²) in [5, 5.41) is 19.3. The number of amides is 1. The van der Waals surface area contributed by atoms with Crippen LogP contribution in [-0.2, 0) is 0 Å². The van der Waals surface area contributed by atoms with Crippen LogP contribution in [0, 0.1) is 0 Å². The summed E-state index contributed by atoms with van der Waals surface area (Å²) in [5.41, 5.74) is 1.55. The van der Waals surface area contributed by atoms with Gasteiger partial charge in [-0.15, -0.1) is 0 Å². The maximum Gasteiger partial charge on any atom is 0.269 e. The molecule has 0 saturated carbocycles. The first-order valence-electron chi connectivity index (χ1n) is 6.42. The fraction of sp³-hybridized carbons (Fsp3) is 0.286. The number of carbonyl (C=O) groups is 1. The van der Waals surface area contributed by atoms with Gasteiger partial charge in [-0.3, -0.25) is 9.89 Å². The van der Waals surface area contributed by atoms with Crippen molar-refractivity contribution in [3.8, 4) is 17.0 Å². The van der Waals surface area contributed by atoms with Gasteiger partial charge >= 0.3 is 0 Å². The number of aromatic nitrogens is 2. The van der Waals surface area contributed by atoms with Crippen molar-refractivity contribution in [1.29, 1.82) is 0 Å². The summed E-state index contributed by atoms with van der Waals surface area (Å²) in [6, 6.07) is 8.53. The molecule has 2 aromatic rings. The molecule has 1 heterocycles. The Morgan fingerprint density at radius 2 is 2.25 bits per heavy atom. The summed E-state index contributed by atoms with van der Waals surface area (Å²) in [7, 11) is 0. The number of phenolic OH excluding ortho intramolecular Hbond substituents is 1. The number of hydrogen-bond acceptors (Lipinski definition) is 4. The lowest BCUT2D eigenvalue weighted by atomic mass is 10.1. The minimum Gasteiger partial charge on any atom is -0.507 e. The zero-order valence-corrected chi connectivity index (χ0v) is 12.0. The molecule has 0 atom stereocenters. The van der Waals surface area contributed by atoms with Crippen molar-refractivity contribution in [2.45, 2.75) is 6.92 Å². The molecule has 1 aromatic carbocycles. The van der Waals surface area contributed by atoms with Crippen LogP contribution in [0.15, 0.2) is 30.3 Å². The number of carbonyl (C=O) groups excluding carboxylic acids is 1. The van der Waals surface area contributed by atoms with Gasteiger partial charge in [-0.1, -0.05) is 19.1 Å². The van der Waals surface area contributed by atoms with Gasteiger partial charge in [-0.25, -0.2) is 0 Å². The topological polar surface area (TPSA) is 78.0 Å². The first-order chi connectivity index (χ1) is 9.72. The Morgan fingerprint density at radius 1 is 1.45 bits per heavy atom. The fourth-order valence-corrected chi connectivity index (χ4v) is 2.28. The zero-order valence-electron chi connectivity index (χ0n) is 11.2. The van der Waals surface area contributed by atoms with Crippen LogP contribution in [0.3, 0.4) is 0 Å². The molecule has 106 valence electrons. The maximum atomic E-state index is 11.9. The van der Waals surface area contributed by atoms with Gasteiger partial charge in [-0.2, -0.15) is 16.9 Å². The molecule has 0 bridgehead atoms. The summed E-state index contributed by atoms with van der Waals surface area (Å²) in [4.78, 5) is 11.9. The molecule has 0 aliphatic carbocycles. The van der Waals surface area contributed by atoms with E-state index in [0.717, 1.165) is 11.5 Å². The van der Waals surface area contributed by atoms with Crippen molar-refractivity contribution >= 4 is 17.7 Å². The van der Waals surface area contributed by atoms with Gasteiger partial charge in [-0.05, 0) is 24.0 Å². The minimum atomic E-state index is -0.184. The van der Waals surface area contributed by atoms with E-state index in [1.54, 1.807) is 36.0 Å². The summed E-state index contributed by atoms with van der Waals surface area (Å²) in [5.74, 6) is 1.89. The summed E-state index contributed by atoms with van der Waals surface area (Å²) >= 11 is 1.78. The average molecular weight is 291 g/mol. The number of aromatic hydroxyl groups is 1. The fourth-order valence-electron chi connectivity index (χ4n) is 1.74. The monoisotopic (exact) mass is 291 g/mol. The quantitative estimate of drug-likeness (QED) is 0.713. The van der Waals surface area contributed by atoms with E-state index >= 15 is 0 Å². The standard InChI is InChI=1S/C14H17N3O2S/c1-2-20-8-7-15-14(19)12-9-11(16-17-12)10-5-3-4-6-13(10)18/h3-6,9,18H,2,7-8H2,1H3,(H,15,19)(H,16,17). The van der Waals surface area contributed by atoms with Crippen LogP contribution in [0.5, 0.6) is 5.75 Å². The van der Waals surface area contributed by atoms with Crippen molar-refractivity contribution in [2.75, 3.05) is 18.1 Å². The molecule has 5 nitrogen and oxygen atoms in total. The Kier molecular flexibility index (Phi) is 5.06. The maximum absolute atomic E-state index is 11.9. The first-order valence-corrected chi connectivity index (χ1v) is 7.57. The van der Waals surface area contributed by atoms with Gasteiger partial charge < -0.3 is 10.4 Å². The molecule has 1 amide bonds. The molecule has 1 aromatic heterocycles. The van der Waals surface area contributed by atoms with E-state index in [0.29, 0.717) is 23.5 Å². The van der Waals surface area contributed by atoms with Crippen molar-refractivity contribution in [3.05, 3.63) is 36.0 Å². The normalized spacial score (nSPS) is 10.4. The van der Waals surface area contributed by atoms with E-state index in [9.17, 15) is 9.90 Å². The highest BCUT2D eigenvalue weighted by molar-refractivity contribution is 7.99. The summed E-state index contributed by atoms with van der Waals surface area (Å²) in [6.45, 7) is 2.71. The van der Waals surface area contributed by atoms with Gasteiger partial charge in [0.2, 0.25) is 0 Å². The summed E-state index contributed by atoms with van der Waals surface area (Å²) in [6.07, 6.45) is 0. The smallest absolute Gasteiger partial charge is 0.269 e. The number of hydrogen-bond donors (Lipinski definition) is 3. The van der Waals surface area contributed by atoms with Gasteiger partial charge in [0.1, 0.15) is 11.4 Å². The van der Waals surface area contributed by atoms with E-state index in [4.69, 9.17) is 0 Å². The Balaban J connectivity index is 2.02. The van der Waals surface area contributed by atoms with Gasteiger partial charge in [0.25, 0.3) is 5.91 Å². The number of thioether (sulfide) groups is 1. The predicted octanol–water partition coefficient (Wildman–Crippen LogP) is 2.27. The number of H-pyrrole nitrogens is 1. The molecule has 0 fully saturated rings. The van der Waals surface area contributed by atoms with Crippen LogP contribution >= 0.6 is 11.8 Å². The molecule has 0 spiro atoms. The lowest BCUT2D eigenvalue weighted by molar-refractivity contribution is 0.0951. The highest BCUT2D eigenvalue weighted by Crippen LogP contribution is 2.27. The Labute approximate surface area is 121 Å². The van der Waals surface area contributed by atoms with E-state index in [1.807, 2.05) is 6.07 Å². The lowest BCUT2D eigenvalue weighted by Gasteiger charge is -2.01. The number of phenols is 1. The number of rotatable bonds is 6. The van der Waals surface area contributed by atoms with Gasteiger partial charge in [0.05, 0.1) is 5.69 Å². The molecule has 3 N–H and O–H groups in total. The second-order valence-electron chi connectivity index (χ2n) is 4.14. The largest absolute Gasteiger partial charge is 0.507 e. The summed E-state index contributed by atoms with van der Waals surface area (Å²) < 4.78 is 0. The van der Waals surface area contributed by atoms with Crippen molar-refractivity contribution < 1.29 is 9.90 Å². The molecule has 0 aliphatic rings. The van der Waals surface area contributed by atoms with E-state index < -0.39 is 0 Å². The highest BCUT2D eigenvalue weighted by Gasteiger charge is 2.12. The first kappa shape index (κ1) is 14.5. The predicted molar refractivity (Wildman–Crippen MR) is 81.0 cm³/mol. The second kappa shape index (κ2) is 7.00. The van der Waals surface area contributed by atoms with Crippen LogP contribution in [-0.4, -0.2) is 39.3 Å². The van der Waals surface area contributed by atoms with Crippen molar-refractivity contribution in [3.63, 3.8) is 0 Å². The van der Waals surface area contributed by atoms with Crippen molar-refractivity contribution in [1.82, 2.24) is 15.5 Å². The van der Waals surface area contributed by atoms with Crippen LogP contribution < -0.4 is 5.32 Å². The zero-order chi connectivity index (χ0) is 14.4. The molecule has 0 aliphatic heterocycles. The number of benzene rings is 1. The number of nitrogens with zero attached hydrogens (tertiary/aromatic N) is 1. The van der Waals surface area contributed by atoms with E-state index in [1.165, 1.54) is 0 Å². The van der Waals surface area contributed by atoms with Gasteiger partial charge in [0.15, 0.2) is 0 Å². The Bertz CT molecular complexity index is 583. The Hall–Kier alpha value is -1.95. The van der Waals surface area contributed by atoms with E-state index in [2.05, 4.69) is 22.4 Å². The Morgan fingerprint density at radius 3 is 3.00 bits per heavy atom. The third-order valence-corrected chi connectivity index (χ3v) is 3.64. The molecule has 20 heavy (non-hydrogen) atoms. The van der Waals surface area contributed by atoms with Crippen LogP contribution in [0.2, 0.25) is 0 Å². The number of para-hydroxylation sites is 1. The third kappa shape index (κ3) is 3.54.